The van der Waals surface area contributed by atoms with Crippen molar-refractivity contribution in [3.05, 3.63) is 52.8 Å². The molecule has 0 amide bonds. The van der Waals surface area contributed by atoms with E-state index < -0.39 is 4.92 Å². The summed E-state index contributed by atoms with van der Waals surface area (Å²) in [5, 5.41) is 11.2. The summed E-state index contributed by atoms with van der Waals surface area (Å²) in [6.07, 6.45) is 3.66. The number of benzene rings is 1. The van der Waals surface area contributed by atoms with Crippen LogP contribution in [0.3, 0.4) is 0 Å². The van der Waals surface area contributed by atoms with Gasteiger partial charge in [0.15, 0.2) is 17.1 Å². The number of nitro benzene ring substituents is 1. The van der Waals surface area contributed by atoms with Crippen LogP contribution < -0.4 is 9.47 Å². The third-order valence-electron chi connectivity index (χ3n) is 3.42. The summed E-state index contributed by atoms with van der Waals surface area (Å²) in [4.78, 5) is 15.2. The summed E-state index contributed by atoms with van der Waals surface area (Å²) < 4.78 is 12.4. The van der Waals surface area contributed by atoms with E-state index in [0.29, 0.717) is 29.3 Å². The van der Waals surface area contributed by atoms with Crippen LogP contribution >= 0.6 is 0 Å². The lowest BCUT2D eigenvalue weighted by Crippen LogP contribution is -1.94. The predicted octanol–water partition coefficient (Wildman–Crippen LogP) is 3.32. The highest BCUT2D eigenvalue weighted by atomic mass is 16.6. The normalized spacial score (nSPS) is 10.7. The molecule has 3 aromatic rings. The fraction of sp³-hybridized carbons (Fsp3) is 0.188. The molecule has 7 nitrogen and oxygen atoms in total. The summed E-state index contributed by atoms with van der Waals surface area (Å²) in [5.74, 6) is 0.891. The van der Waals surface area contributed by atoms with Crippen molar-refractivity contribution in [2.75, 3.05) is 13.7 Å². The Kier molecular flexibility index (Phi) is 3.84. The third-order valence-corrected chi connectivity index (χ3v) is 3.42. The van der Waals surface area contributed by atoms with Gasteiger partial charge >= 0.3 is 5.69 Å². The maximum Gasteiger partial charge on any atom is 0.311 e. The minimum atomic E-state index is -0.468. The van der Waals surface area contributed by atoms with Gasteiger partial charge in [-0.2, -0.15) is 0 Å². The summed E-state index contributed by atoms with van der Waals surface area (Å²) >= 11 is 0. The van der Waals surface area contributed by atoms with Gasteiger partial charge in [-0.3, -0.25) is 10.1 Å². The Balaban J connectivity index is 2.12. The number of hydrogen-bond acceptors (Lipinski definition) is 5. The van der Waals surface area contributed by atoms with Crippen molar-refractivity contribution in [2.24, 2.45) is 0 Å². The summed E-state index contributed by atoms with van der Waals surface area (Å²) in [5.41, 5.74) is 1.85. The first-order valence-electron chi connectivity index (χ1n) is 7.07. The Bertz CT molecular complexity index is 873. The molecule has 0 unspecified atom stereocenters. The molecular formula is C16H15N3O4. The lowest BCUT2D eigenvalue weighted by Gasteiger charge is -2.03. The van der Waals surface area contributed by atoms with E-state index in [1.54, 1.807) is 12.1 Å². The predicted molar refractivity (Wildman–Crippen MR) is 85.0 cm³/mol. The minimum absolute atomic E-state index is 0.0907. The van der Waals surface area contributed by atoms with Crippen LogP contribution in [-0.2, 0) is 0 Å². The first-order valence-corrected chi connectivity index (χ1v) is 7.07. The number of nitro groups is 1. The van der Waals surface area contributed by atoms with Crippen LogP contribution in [-0.4, -0.2) is 28.0 Å². The monoisotopic (exact) mass is 313 g/mol. The molecule has 118 valence electrons. The van der Waals surface area contributed by atoms with Crippen molar-refractivity contribution in [1.82, 2.24) is 9.38 Å². The zero-order valence-corrected chi connectivity index (χ0v) is 12.7. The molecular weight excluding hydrogens is 298 g/mol. The van der Waals surface area contributed by atoms with Gasteiger partial charge in [0.25, 0.3) is 0 Å². The smallest absolute Gasteiger partial charge is 0.311 e. The molecule has 2 heterocycles. The standard InChI is InChI=1S/C16H15N3O4/c1-3-23-15-5-4-8-18-10-12(17-16(15)18)11-6-7-14(22-2)13(9-11)19(20)21/h4-10H,3H2,1-2H3. The SMILES string of the molecule is CCOc1cccn2cc(-c3ccc(OC)c([N+](=O)[O-])c3)nc12. The van der Waals surface area contributed by atoms with Crippen LogP contribution in [0.5, 0.6) is 11.5 Å². The zero-order chi connectivity index (χ0) is 16.4. The lowest BCUT2D eigenvalue weighted by molar-refractivity contribution is -0.385. The van der Waals surface area contributed by atoms with Crippen molar-refractivity contribution in [3.8, 4) is 22.8 Å². The summed E-state index contributed by atoms with van der Waals surface area (Å²) in [6.45, 7) is 2.44. The largest absolute Gasteiger partial charge is 0.490 e. The summed E-state index contributed by atoms with van der Waals surface area (Å²) in [7, 11) is 1.40. The fourth-order valence-electron chi connectivity index (χ4n) is 2.39. The number of imidazole rings is 1. The number of nitrogens with zero attached hydrogens (tertiary/aromatic N) is 3. The molecule has 0 saturated carbocycles. The Morgan fingerprint density at radius 1 is 1.30 bits per heavy atom. The molecule has 7 heteroatoms. The van der Waals surface area contributed by atoms with Gasteiger partial charge in [-0.1, -0.05) is 0 Å². The maximum absolute atomic E-state index is 11.2. The average molecular weight is 313 g/mol. The molecule has 0 radical (unpaired) electrons. The number of rotatable bonds is 5. The number of pyridine rings is 1. The van der Waals surface area contributed by atoms with Crippen LogP contribution in [0.2, 0.25) is 0 Å². The van der Waals surface area contributed by atoms with Gasteiger partial charge in [-0.05, 0) is 31.2 Å². The van der Waals surface area contributed by atoms with E-state index in [-0.39, 0.29) is 11.4 Å². The molecule has 23 heavy (non-hydrogen) atoms. The van der Waals surface area contributed by atoms with E-state index in [1.165, 1.54) is 13.2 Å². The average Bonchev–Trinajstić information content (AvgIpc) is 2.99. The van der Waals surface area contributed by atoms with Crippen LogP contribution in [0.25, 0.3) is 16.9 Å². The van der Waals surface area contributed by atoms with Gasteiger partial charge in [0.2, 0.25) is 0 Å². The molecule has 0 aliphatic heterocycles. The number of aromatic nitrogens is 2. The van der Waals surface area contributed by atoms with Crippen molar-refractivity contribution < 1.29 is 14.4 Å². The minimum Gasteiger partial charge on any atom is -0.490 e. The molecule has 0 spiro atoms. The van der Waals surface area contributed by atoms with Gasteiger partial charge < -0.3 is 13.9 Å². The Morgan fingerprint density at radius 2 is 2.13 bits per heavy atom. The van der Waals surface area contributed by atoms with Gasteiger partial charge in [0.1, 0.15) is 0 Å². The van der Waals surface area contributed by atoms with Crippen LogP contribution in [0, 0.1) is 10.1 Å². The van der Waals surface area contributed by atoms with Crippen LogP contribution in [0.1, 0.15) is 6.92 Å². The summed E-state index contributed by atoms with van der Waals surface area (Å²) in [6, 6.07) is 8.47. The molecule has 3 rings (SSSR count). The van der Waals surface area contributed by atoms with Gasteiger partial charge in [-0.15, -0.1) is 0 Å². The number of hydrogen-bond donors (Lipinski definition) is 0. The second-order valence-corrected chi connectivity index (χ2v) is 4.81. The van der Waals surface area contributed by atoms with Crippen molar-refractivity contribution in [2.45, 2.75) is 6.92 Å². The highest BCUT2D eigenvalue weighted by Gasteiger charge is 2.17. The third kappa shape index (κ3) is 2.68. The number of fused-ring (bicyclic) bond motifs is 1. The molecule has 0 fully saturated rings. The highest BCUT2D eigenvalue weighted by molar-refractivity contribution is 5.69. The molecule has 1 aromatic carbocycles. The maximum atomic E-state index is 11.2. The molecule has 2 aromatic heterocycles. The second-order valence-electron chi connectivity index (χ2n) is 4.81. The van der Waals surface area contributed by atoms with Gasteiger partial charge in [0, 0.05) is 24.0 Å². The molecule has 0 saturated heterocycles. The fourth-order valence-corrected chi connectivity index (χ4v) is 2.39. The van der Waals surface area contributed by atoms with E-state index in [1.807, 2.05) is 35.9 Å². The first-order chi connectivity index (χ1) is 11.1. The van der Waals surface area contributed by atoms with E-state index in [2.05, 4.69) is 4.98 Å². The highest BCUT2D eigenvalue weighted by Crippen LogP contribution is 2.32. The molecule has 0 N–H and O–H groups in total. The van der Waals surface area contributed by atoms with Gasteiger partial charge in [0.05, 0.1) is 24.3 Å². The Labute approximate surface area is 132 Å². The van der Waals surface area contributed by atoms with Gasteiger partial charge in [-0.25, -0.2) is 4.98 Å². The quantitative estimate of drug-likeness (QED) is 0.533. The molecule has 0 aliphatic carbocycles. The van der Waals surface area contributed by atoms with E-state index >= 15 is 0 Å². The Hall–Kier alpha value is -3.09. The molecule has 0 aliphatic rings. The Morgan fingerprint density at radius 3 is 2.83 bits per heavy atom. The van der Waals surface area contributed by atoms with Crippen LogP contribution in [0.4, 0.5) is 5.69 Å². The van der Waals surface area contributed by atoms with Crippen molar-refractivity contribution in [3.63, 3.8) is 0 Å². The van der Waals surface area contributed by atoms with E-state index in [0.717, 1.165) is 0 Å². The zero-order valence-electron chi connectivity index (χ0n) is 12.7. The molecule has 0 atom stereocenters. The molecule has 0 bridgehead atoms. The van der Waals surface area contributed by atoms with Crippen LogP contribution in [0.15, 0.2) is 42.7 Å². The van der Waals surface area contributed by atoms with E-state index in [4.69, 9.17) is 9.47 Å². The topological polar surface area (TPSA) is 78.9 Å². The lowest BCUT2D eigenvalue weighted by atomic mass is 10.1. The van der Waals surface area contributed by atoms with Crippen molar-refractivity contribution >= 4 is 11.3 Å². The number of methoxy groups -OCH3 is 1. The number of ether oxygens (including phenoxy) is 2. The first kappa shape index (κ1) is 14.8. The van der Waals surface area contributed by atoms with E-state index in [9.17, 15) is 10.1 Å². The second kappa shape index (κ2) is 5.96. The van der Waals surface area contributed by atoms with Crippen molar-refractivity contribution in [1.29, 1.82) is 0 Å².